The summed E-state index contributed by atoms with van der Waals surface area (Å²) in [6.07, 6.45) is 2.69. The van der Waals surface area contributed by atoms with E-state index in [0.29, 0.717) is 22.9 Å². The summed E-state index contributed by atoms with van der Waals surface area (Å²) < 4.78 is 50.2. The number of rotatable bonds is 4. The smallest absolute Gasteiger partial charge is 0.381 e. The third-order valence-electron chi connectivity index (χ3n) is 5.40. The van der Waals surface area contributed by atoms with Gasteiger partial charge in [-0.05, 0) is 43.0 Å². The fourth-order valence-electron chi connectivity index (χ4n) is 3.76. The van der Waals surface area contributed by atoms with Gasteiger partial charge in [-0.2, -0.15) is 18.2 Å². The van der Waals surface area contributed by atoms with Crippen molar-refractivity contribution < 1.29 is 22.4 Å². The lowest BCUT2D eigenvalue weighted by Gasteiger charge is -2.22. The molecule has 0 amide bonds. The molecule has 31 heavy (non-hydrogen) atoms. The van der Waals surface area contributed by atoms with Crippen LogP contribution in [0.2, 0.25) is 0 Å². The van der Waals surface area contributed by atoms with E-state index in [4.69, 9.17) is 4.74 Å². The van der Waals surface area contributed by atoms with Crippen molar-refractivity contribution in [2.75, 3.05) is 13.2 Å². The standard InChI is InChI=1S/C21H18F3N5O2/c22-21(23,24)20-27-19(28-31-20)14-1-5-25-16(9-14)17-10-18-15(11-26-17)2-6-29(18)12-13-3-7-30-8-4-13/h1-2,5-6,9-11,13H,3-4,7-8,12H2. The van der Waals surface area contributed by atoms with Crippen molar-refractivity contribution in [1.29, 1.82) is 0 Å². The number of fused-ring (bicyclic) bond motifs is 1. The van der Waals surface area contributed by atoms with Crippen molar-refractivity contribution >= 4 is 10.9 Å². The number of ether oxygens (including phenoxy) is 1. The van der Waals surface area contributed by atoms with Gasteiger partial charge in [0, 0.05) is 49.3 Å². The van der Waals surface area contributed by atoms with Crippen LogP contribution in [0.25, 0.3) is 33.7 Å². The number of halogens is 3. The zero-order valence-electron chi connectivity index (χ0n) is 16.3. The Hall–Kier alpha value is -3.27. The van der Waals surface area contributed by atoms with Crippen LogP contribution in [0.4, 0.5) is 13.2 Å². The van der Waals surface area contributed by atoms with E-state index in [2.05, 4.69) is 29.2 Å². The minimum absolute atomic E-state index is 0.153. The Bertz CT molecular complexity index is 1210. The Balaban J connectivity index is 1.46. The second kappa shape index (κ2) is 7.77. The maximum atomic E-state index is 12.8. The van der Waals surface area contributed by atoms with E-state index >= 15 is 0 Å². The van der Waals surface area contributed by atoms with Crippen LogP contribution in [-0.4, -0.2) is 37.9 Å². The summed E-state index contributed by atoms with van der Waals surface area (Å²) in [5, 5.41) is 4.45. The topological polar surface area (TPSA) is 78.9 Å². The summed E-state index contributed by atoms with van der Waals surface area (Å²) >= 11 is 0. The Morgan fingerprint density at radius 1 is 1.06 bits per heavy atom. The van der Waals surface area contributed by atoms with Crippen LogP contribution in [0.3, 0.4) is 0 Å². The largest absolute Gasteiger partial charge is 0.471 e. The van der Waals surface area contributed by atoms with Crippen LogP contribution < -0.4 is 0 Å². The van der Waals surface area contributed by atoms with Crippen LogP contribution >= 0.6 is 0 Å². The first-order chi connectivity index (χ1) is 15.0. The molecular formula is C21H18F3N5O2. The molecule has 10 heteroatoms. The van der Waals surface area contributed by atoms with Gasteiger partial charge in [0.1, 0.15) is 0 Å². The fraction of sp³-hybridized carbons (Fsp3) is 0.333. The van der Waals surface area contributed by atoms with Crippen LogP contribution in [0.1, 0.15) is 18.7 Å². The maximum Gasteiger partial charge on any atom is 0.471 e. The highest BCUT2D eigenvalue weighted by atomic mass is 19.4. The molecule has 5 rings (SSSR count). The summed E-state index contributed by atoms with van der Waals surface area (Å²) in [4.78, 5) is 12.2. The first-order valence-electron chi connectivity index (χ1n) is 9.88. The van der Waals surface area contributed by atoms with Crippen molar-refractivity contribution in [2.45, 2.75) is 25.6 Å². The maximum absolute atomic E-state index is 12.8. The number of alkyl halides is 3. The van der Waals surface area contributed by atoms with Gasteiger partial charge in [0.15, 0.2) is 0 Å². The van der Waals surface area contributed by atoms with Gasteiger partial charge in [-0.15, -0.1) is 0 Å². The van der Waals surface area contributed by atoms with Crippen molar-refractivity contribution in [3.05, 3.63) is 48.7 Å². The Morgan fingerprint density at radius 2 is 1.87 bits per heavy atom. The molecule has 4 aromatic heterocycles. The lowest BCUT2D eigenvalue weighted by atomic mass is 10.0. The van der Waals surface area contributed by atoms with E-state index < -0.39 is 12.1 Å². The second-order valence-electron chi connectivity index (χ2n) is 7.50. The zero-order valence-corrected chi connectivity index (χ0v) is 16.3. The van der Waals surface area contributed by atoms with Crippen LogP contribution in [-0.2, 0) is 17.5 Å². The van der Waals surface area contributed by atoms with Gasteiger partial charge in [0.05, 0.1) is 16.9 Å². The third kappa shape index (κ3) is 4.02. The number of nitrogens with zero attached hydrogens (tertiary/aromatic N) is 5. The highest BCUT2D eigenvalue weighted by molar-refractivity contribution is 5.83. The lowest BCUT2D eigenvalue weighted by Crippen LogP contribution is -2.20. The van der Waals surface area contributed by atoms with E-state index in [0.717, 1.165) is 43.5 Å². The van der Waals surface area contributed by atoms with Gasteiger partial charge in [-0.3, -0.25) is 9.97 Å². The SMILES string of the molecule is FC(F)(F)c1nc(-c2ccnc(-c3cc4c(ccn4CC4CCOCC4)cn3)c2)no1. The van der Waals surface area contributed by atoms with Crippen molar-refractivity contribution in [3.8, 4) is 22.8 Å². The minimum atomic E-state index is -4.69. The normalized spacial score (nSPS) is 15.6. The van der Waals surface area contributed by atoms with Gasteiger partial charge < -0.3 is 13.8 Å². The summed E-state index contributed by atoms with van der Waals surface area (Å²) in [7, 11) is 0. The molecule has 1 aliphatic rings. The van der Waals surface area contributed by atoms with Crippen LogP contribution in [0.15, 0.2) is 47.4 Å². The van der Waals surface area contributed by atoms with Crippen molar-refractivity contribution in [3.63, 3.8) is 0 Å². The molecule has 0 radical (unpaired) electrons. The summed E-state index contributed by atoms with van der Waals surface area (Å²) in [5.41, 5.74) is 2.52. The molecule has 0 aliphatic carbocycles. The van der Waals surface area contributed by atoms with E-state index in [1.54, 1.807) is 12.3 Å². The lowest BCUT2D eigenvalue weighted by molar-refractivity contribution is -0.159. The molecule has 7 nitrogen and oxygen atoms in total. The molecule has 1 aliphatic heterocycles. The van der Waals surface area contributed by atoms with E-state index in [1.165, 1.54) is 12.3 Å². The molecular weight excluding hydrogens is 411 g/mol. The Labute approximate surface area is 174 Å². The zero-order chi connectivity index (χ0) is 21.4. The average Bonchev–Trinajstić information content (AvgIpc) is 3.42. The number of hydrogen-bond acceptors (Lipinski definition) is 6. The fourth-order valence-corrected chi connectivity index (χ4v) is 3.76. The molecule has 0 N–H and O–H groups in total. The number of aromatic nitrogens is 5. The third-order valence-corrected chi connectivity index (χ3v) is 5.40. The summed E-state index contributed by atoms with van der Waals surface area (Å²) in [6.45, 7) is 2.48. The molecule has 5 heterocycles. The van der Waals surface area contributed by atoms with Gasteiger partial charge in [0.2, 0.25) is 5.82 Å². The Kier molecular flexibility index (Phi) is 4.93. The molecule has 0 unspecified atom stereocenters. The van der Waals surface area contributed by atoms with E-state index in [9.17, 15) is 13.2 Å². The quantitative estimate of drug-likeness (QED) is 0.472. The number of hydrogen-bond donors (Lipinski definition) is 0. The van der Waals surface area contributed by atoms with Gasteiger partial charge in [-0.1, -0.05) is 5.16 Å². The highest BCUT2D eigenvalue weighted by Gasteiger charge is 2.38. The van der Waals surface area contributed by atoms with E-state index in [1.807, 2.05) is 18.3 Å². The predicted molar refractivity (Wildman–Crippen MR) is 105 cm³/mol. The highest BCUT2D eigenvalue weighted by Crippen LogP contribution is 2.30. The molecule has 0 atom stereocenters. The van der Waals surface area contributed by atoms with Gasteiger partial charge in [0.25, 0.3) is 0 Å². The minimum Gasteiger partial charge on any atom is -0.381 e. The average molecular weight is 429 g/mol. The molecule has 1 fully saturated rings. The van der Waals surface area contributed by atoms with Crippen molar-refractivity contribution in [1.82, 2.24) is 24.7 Å². The molecule has 160 valence electrons. The first-order valence-corrected chi connectivity index (χ1v) is 9.88. The monoisotopic (exact) mass is 429 g/mol. The molecule has 4 aromatic rings. The molecule has 1 saturated heterocycles. The molecule has 0 spiro atoms. The van der Waals surface area contributed by atoms with Gasteiger partial charge >= 0.3 is 12.1 Å². The molecule has 0 bridgehead atoms. The Morgan fingerprint density at radius 3 is 2.65 bits per heavy atom. The second-order valence-corrected chi connectivity index (χ2v) is 7.50. The first kappa shape index (κ1) is 19.7. The molecule has 0 aromatic carbocycles. The summed E-state index contributed by atoms with van der Waals surface area (Å²) in [5.74, 6) is -0.977. The molecule has 0 saturated carbocycles. The number of pyridine rings is 2. The summed E-state index contributed by atoms with van der Waals surface area (Å²) in [6, 6.07) is 7.09. The van der Waals surface area contributed by atoms with E-state index in [-0.39, 0.29) is 5.82 Å². The van der Waals surface area contributed by atoms with Crippen LogP contribution in [0, 0.1) is 5.92 Å². The van der Waals surface area contributed by atoms with Crippen molar-refractivity contribution in [2.24, 2.45) is 5.92 Å². The van der Waals surface area contributed by atoms with Gasteiger partial charge in [-0.25, -0.2) is 0 Å². The predicted octanol–water partition coefficient (Wildman–Crippen LogP) is 4.59. The van der Waals surface area contributed by atoms with Crippen LogP contribution in [0.5, 0.6) is 0 Å².